The molecule has 2 fully saturated rings. The maximum atomic E-state index is 12.1. The number of likely N-dealkylation sites (tertiary alicyclic amines) is 1. The first-order valence-electron chi connectivity index (χ1n) is 10.4. The van der Waals surface area contributed by atoms with E-state index in [9.17, 15) is 4.79 Å². The molecule has 1 aliphatic carbocycles. The van der Waals surface area contributed by atoms with Crippen molar-refractivity contribution >= 4 is 45.2 Å². The van der Waals surface area contributed by atoms with Crippen LogP contribution in [0, 0.1) is 6.92 Å². The van der Waals surface area contributed by atoms with Crippen LogP contribution >= 0.6 is 11.5 Å². The summed E-state index contributed by atoms with van der Waals surface area (Å²) in [5.41, 5.74) is 3.07. The number of piperidine rings is 1. The lowest BCUT2D eigenvalue weighted by molar-refractivity contribution is -0.127. The van der Waals surface area contributed by atoms with Gasteiger partial charge in [-0.1, -0.05) is 6.58 Å². The Kier molecular flexibility index (Phi) is 4.90. The van der Waals surface area contributed by atoms with Gasteiger partial charge in [0.2, 0.25) is 11.9 Å². The van der Waals surface area contributed by atoms with Crippen LogP contribution in [-0.2, 0) is 4.79 Å². The van der Waals surface area contributed by atoms with E-state index in [1.54, 1.807) is 0 Å². The average molecular weight is 424 g/mol. The Hall–Kier alpha value is -2.94. The SMILES string of the molecule is C=CC(=O)N1CCC[C@@H](Nc2nc(Nc3cc(C)ns3)nc3[nH]cc(C4CC4)c23)C1. The van der Waals surface area contributed by atoms with Crippen molar-refractivity contribution in [2.45, 2.75) is 44.6 Å². The Labute approximate surface area is 179 Å². The maximum absolute atomic E-state index is 12.1. The minimum atomic E-state index is -0.0161. The van der Waals surface area contributed by atoms with Crippen molar-refractivity contribution in [1.29, 1.82) is 0 Å². The molecule has 0 unspecified atom stereocenters. The van der Waals surface area contributed by atoms with Crippen molar-refractivity contribution in [1.82, 2.24) is 24.2 Å². The van der Waals surface area contributed by atoms with Crippen LogP contribution in [0.4, 0.5) is 16.8 Å². The van der Waals surface area contributed by atoms with Crippen LogP contribution in [0.5, 0.6) is 0 Å². The molecule has 1 saturated carbocycles. The Morgan fingerprint density at radius 1 is 1.37 bits per heavy atom. The molecule has 5 rings (SSSR count). The predicted octanol–water partition coefficient (Wildman–Crippen LogP) is 3.93. The molecule has 1 atom stereocenters. The normalized spacial score (nSPS) is 19.1. The van der Waals surface area contributed by atoms with Gasteiger partial charge in [0.05, 0.1) is 11.1 Å². The topological polar surface area (TPSA) is 98.8 Å². The molecule has 3 aromatic heterocycles. The van der Waals surface area contributed by atoms with Crippen molar-refractivity contribution < 1.29 is 4.79 Å². The number of nitrogens with zero attached hydrogens (tertiary/aromatic N) is 4. The van der Waals surface area contributed by atoms with Gasteiger partial charge >= 0.3 is 0 Å². The van der Waals surface area contributed by atoms with Gasteiger partial charge < -0.3 is 20.5 Å². The van der Waals surface area contributed by atoms with Gasteiger partial charge in [-0.15, -0.1) is 0 Å². The summed E-state index contributed by atoms with van der Waals surface area (Å²) in [4.78, 5) is 26.8. The number of amides is 1. The number of H-pyrrole nitrogens is 1. The lowest BCUT2D eigenvalue weighted by Crippen LogP contribution is -2.44. The van der Waals surface area contributed by atoms with Gasteiger partial charge in [-0.2, -0.15) is 14.3 Å². The highest BCUT2D eigenvalue weighted by atomic mass is 32.1. The molecule has 1 saturated heterocycles. The zero-order valence-corrected chi connectivity index (χ0v) is 17.8. The molecule has 4 heterocycles. The third-order valence-electron chi connectivity index (χ3n) is 5.69. The van der Waals surface area contributed by atoms with E-state index in [0.717, 1.165) is 46.9 Å². The zero-order chi connectivity index (χ0) is 20.7. The highest BCUT2D eigenvalue weighted by Crippen LogP contribution is 2.44. The lowest BCUT2D eigenvalue weighted by atomic mass is 10.0. The Morgan fingerprint density at radius 2 is 2.23 bits per heavy atom. The highest BCUT2D eigenvalue weighted by Gasteiger charge is 2.30. The number of nitrogens with one attached hydrogen (secondary N) is 3. The Balaban J connectivity index is 1.47. The highest BCUT2D eigenvalue weighted by molar-refractivity contribution is 7.10. The maximum Gasteiger partial charge on any atom is 0.246 e. The minimum Gasteiger partial charge on any atom is -0.365 e. The summed E-state index contributed by atoms with van der Waals surface area (Å²) in [6.07, 6.45) is 7.82. The van der Waals surface area contributed by atoms with E-state index >= 15 is 0 Å². The number of hydrogen-bond donors (Lipinski definition) is 3. The zero-order valence-electron chi connectivity index (χ0n) is 16.9. The molecule has 0 aromatic carbocycles. The first-order chi connectivity index (χ1) is 14.6. The van der Waals surface area contributed by atoms with Crippen LogP contribution < -0.4 is 10.6 Å². The quantitative estimate of drug-likeness (QED) is 0.520. The first-order valence-corrected chi connectivity index (χ1v) is 11.2. The average Bonchev–Trinajstić information content (AvgIpc) is 3.37. The van der Waals surface area contributed by atoms with E-state index in [1.807, 2.05) is 17.9 Å². The summed E-state index contributed by atoms with van der Waals surface area (Å²) in [6.45, 7) is 7.01. The number of carbonyl (C=O) groups is 1. The van der Waals surface area contributed by atoms with E-state index in [0.29, 0.717) is 18.4 Å². The molecular weight excluding hydrogens is 398 g/mol. The summed E-state index contributed by atoms with van der Waals surface area (Å²) >= 11 is 1.39. The summed E-state index contributed by atoms with van der Waals surface area (Å²) < 4.78 is 4.31. The Bertz CT molecular complexity index is 1100. The number of carbonyl (C=O) groups excluding carboxylic acids is 1. The van der Waals surface area contributed by atoms with Crippen molar-refractivity contribution in [2.75, 3.05) is 23.7 Å². The summed E-state index contributed by atoms with van der Waals surface area (Å²) in [7, 11) is 0. The van der Waals surface area contributed by atoms with Gasteiger partial charge in [-0.05, 0) is 67.8 Å². The van der Waals surface area contributed by atoms with Gasteiger partial charge in [0.15, 0.2) is 0 Å². The first kappa shape index (κ1) is 19.0. The number of anilines is 3. The van der Waals surface area contributed by atoms with Crippen molar-refractivity contribution in [2.24, 2.45) is 0 Å². The number of aromatic nitrogens is 4. The molecule has 3 N–H and O–H groups in total. The standard InChI is InChI=1S/C21H25N7OS/c1-3-17(29)28-8-4-5-14(11-28)23-20-18-15(13-6-7-13)10-22-19(18)25-21(26-20)24-16-9-12(2)27-30-16/h3,9-10,13-14H,1,4-8,11H2,2H3,(H3,22,23,24,25,26)/t14-/m1/s1. The molecule has 1 amide bonds. The number of aromatic amines is 1. The van der Waals surface area contributed by atoms with Crippen molar-refractivity contribution in [3.05, 3.63) is 36.2 Å². The summed E-state index contributed by atoms with van der Waals surface area (Å²) in [5.74, 6) is 1.92. The molecule has 1 aliphatic heterocycles. The molecule has 0 radical (unpaired) electrons. The molecule has 0 bridgehead atoms. The van der Waals surface area contributed by atoms with Crippen LogP contribution in [0.3, 0.4) is 0 Å². The van der Waals surface area contributed by atoms with Gasteiger partial charge in [0, 0.05) is 25.3 Å². The van der Waals surface area contributed by atoms with Crippen LogP contribution in [0.15, 0.2) is 24.9 Å². The molecular formula is C21H25N7OS. The van der Waals surface area contributed by atoms with Gasteiger partial charge in [0.25, 0.3) is 0 Å². The summed E-state index contributed by atoms with van der Waals surface area (Å²) in [6, 6.07) is 2.12. The number of aryl methyl sites for hydroxylation is 1. The number of rotatable bonds is 6. The third-order valence-corrected chi connectivity index (χ3v) is 6.49. The van der Waals surface area contributed by atoms with Crippen LogP contribution in [0.1, 0.15) is 42.9 Å². The smallest absolute Gasteiger partial charge is 0.246 e. The van der Waals surface area contributed by atoms with E-state index < -0.39 is 0 Å². The Morgan fingerprint density at radius 3 is 2.97 bits per heavy atom. The fourth-order valence-corrected chi connectivity index (χ4v) is 4.74. The lowest BCUT2D eigenvalue weighted by Gasteiger charge is -2.33. The molecule has 30 heavy (non-hydrogen) atoms. The predicted molar refractivity (Wildman–Crippen MR) is 119 cm³/mol. The second-order valence-corrected chi connectivity index (χ2v) is 8.87. The van der Waals surface area contributed by atoms with E-state index in [-0.39, 0.29) is 11.9 Å². The number of fused-ring (bicyclic) bond motifs is 1. The molecule has 9 heteroatoms. The third kappa shape index (κ3) is 3.77. The minimum absolute atomic E-state index is 0.0161. The van der Waals surface area contributed by atoms with Gasteiger partial charge in [-0.3, -0.25) is 4.79 Å². The molecule has 3 aromatic rings. The van der Waals surface area contributed by atoms with Gasteiger partial charge in [-0.25, -0.2) is 0 Å². The van der Waals surface area contributed by atoms with Crippen LogP contribution in [0.25, 0.3) is 11.0 Å². The van der Waals surface area contributed by atoms with Gasteiger partial charge in [0.1, 0.15) is 16.5 Å². The largest absolute Gasteiger partial charge is 0.365 e. The van der Waals surface area contributed by atoms with Crippen LogP contribution in [-0.4, -0.2) is 49.3 Å². The fourth-order valence-electron chi connectivity index (χ4n) is 4.08. The second-order valence-electron chi connectivity index (χ2n) is 8.07. The van der Waals surface area contributed by atoms with Crippen LogP contribution in [0.2, 0.25) is 0 Å². The van der Waals surface area contributed by atoms with Crippen molar-refractivity contribution in [3.8, 4) is 0 Å². The second kappa shape index (κ2) is 7.71. The monoisotopic (exact) mass is 423 g/mol. The van der Waals surface area contributed by atoms with E-state index in [2.05, 4.69) is 32.8 Å². The summed E-state index contributed by atoms with van der Waals surface area (Å²) in [5, 5.41) is 8.88. The number of hydrogen-bond acceptors (Lipinski definition) is 7. The van der Waals surface area contributed by atoms with Crippen molar-refractivity contribution in [3.63, 3.8) is 0 Å². The van der Waals surface area contributed by atoms with E-state index in [4.69, 9.17) is 9.97 Å². The molecule has 2 aliphatic rings. The molecule has 8 nitrogen and oxygen atoms in total. The molecule has 156 valence electrons. The molecule has 0 spiro atoms. The fraction of sp³-hybridized carbons (Fsp3) is 0.429. The van der Waals surface area contributed by atoms with E-state index in [1.165, 1.54) is 36.0 Å².